The average Bonchev–Trinajstić information content (AvgIpc) is 2.27. The molecule has 0 aromatic rings. The van der Waals surface area contributed by atoms with E-state index in [1.807, 2.05) is 11.8 Å². The SMILES string of the molecule is CSCC[C@H](N)CN1CCN(C(C)C)CC1. The second kappa shape index (κ2) is 7.54. The number of thioether (sulfide) groups is 1. The van der Waals surface area contributed by atoms with Crippen molar-refractivity contribution in [1.82, 2.24) is 9.80 Å². The molecule has 0 aromatic carbocycles. The first kappa shape index (κ1) is 14.3. The van der Waals surface area contributed by atoms with Gasteiger partial charge in [-0.25, -0.2) is 0 Å². The minimum absolute atomic E-state index is 0.359. The Bertz CT molecular complexity index is 179. The molecule has 1 saturated heterocycles. The molecule has 4 heteroatoms. The zero-order chi connectivity index (χ0) is 12.0. The van der Waals surface area contributed by atoms with Gasteiger partial charge in [-0.3, -0.25) is 9.80 Å². The van der Waals surface area contributed by atoms with Gasteiger partial charge in [-0.05, 0) is 32.3 Å². The highest BCUT2D eigenvalue weighted by Gasteiger charge is 2.19. The zero-order valence-electron chi connectivity index (χ0n) is 11.0. The molecule has 1 aliphatic rings. The number of nitrogens with zero attached hydrogens (tertiary/aromatic N) is 2. The Labute approximate surface area is 105 Å². The van der Waals surface area contributed by atoms with E-state index in [2.05, 4.69) is 29.9 Å². The van der Waals surface area contributed by atoms with Crippen molar-refractivity contribution in [1.29, 1.82) is 0 Å². The maximum Gasteiger partial charge on any atom is 0.0175 e. The van der Waals surface area contributed by atoms with Gasteiger partial charge < -0.3 is 5.73 Å². The van der Waals surface area contributed by atoms with Gasteiger partial charge in [-0.2, -0.15) is 11.8 Å². The maximum absolute atomic E-state index is 6.12. The van der Waals surface area contributed by atoms with Gasteiger partial charge in [0.15, 0.2) is 0 Å². The molecule has 1 aliphatic heterocycles. The Morgan fingerprint density at radius 3 is 2.31 bits per heavy atom. The molecule has 2 N–H and O–H groups in total. The van der Waals surface area contributed by atoms with E-state index in [1.165, 1.54) is 31.9 Å². The van der Waals surface area contributed by atoms with Crippen LogP contribution in [0.4, 0.5) is 0 Å². The molecule has 0 aromatic heterocycles. The topological polar surface area (TPSA) is 32.5 Å². The van der Waals surface area contributed by atoms with E-state index in [9.17, 15) is 0 Å². The Morgan fingerprint density at radius 1 is 1.19 bits per heavy atom. The molecule has 0 aliphatic carbocycles. The third kappa shape index (κ3) is 5.04. The van der Waals surface area contributed by atoms with Gasteiger partial charge in [-0.15, -0.1) is 0 Å². The normalized spacial score (nSPS) is 21.6. The van der Waals surface area contributed by atoms with Crippen molar-refractivity contribution in [2.45, 2.75) is 32.4 Å². The summed E-state index contributed by atoms with van der Waals surface area (Å²) in [6.07, 6.45) is 3.29. The van der Waals surface area contributed by atoms with Crippen molar-refractivity contribution in [2.24, 2.45) is 5.73 Å². The van der Waals surface area contributed by atoms with Crippen LogP contribution in [0.15, 0.2) is 0 Å². The fourth-order valence-corrected chi connectivity index (χ4v) is 2.69. The lowest BCUT2D eigenvalue weighted by molar-refractivity contribution is 0.104. The fourth-order valence-electron chi connectivity index (χ4n) is 2.15. The number of rotatable bonds is 6. The van der Waals surface area contributed by atoms with Gasteiger partial charge in [0.25, 0.3) is 0 Å². The van der Waals surface area contributed by atoms with Crippen LogP contribution in [0.25, 0.3) is 0 Å². The summed E-state index contributed by atoms with van der Waals surface area (Å²) < 4.78 is 0. The molecule has 0 spiro atoms. The van der Waals surface area contributed by atoms with Crippen LogP contribution in [0.1, 0.15) is 20.3 Å². The molecule has 16 heavy (non-hydrogen) atoms. The molecule has 96 valence electrons. The first-order chi connectivity index (χ1) is 7.63. The summed E-state index contributed by atoms with van der Waals surface area (Å²) in [4.78, 5) is 5.06. The predicted molar refractivity (Wildman–Crippen MR) is 74.1 cm³/mol. The molecule has 0 unspecified atom stereocenters. The standard InChI is InChI=1S/C12H27N3S/c1-11(2)15-7-5-14(6-8-15)10-12(13)4-9-16-3/h11-12H,4-10,13H2,1-3H3/t12-/m0/s1. The molecule has 0 radical (unpaired) electrons. The van der Waals surface area contributed by atoms with Crippen molar-refractivity contribution in [3.8, 4) is 0 Å². The summed E-state index contributed by atoms with van der Waals surface area (Å²) in [7, 11) is 0. The van der Waals surface area contributed by atoms with E-state index in [1.54, 1.807) is 0 Å². The summed E-state index contributed by atoms with van der Waals surface area (Å²) in [5.41, 5.74) is 6.12. The molecule has 0 saturated carbocycles. The molecule has 0 amide bonds. The van der Waals surface area contributed by atoms with Crippen molar-refractivity contribution in [3.05, 3.63) is 0 Å². The highest BCUT2D eigenvalue weighted by Crippen LogP contribution is 2.07. The highest BCUT2D eigenvalue weighted by atomic mass is 32.2. The lowest BCUT2D eigenvalue weighted by atomic mass is 10.2. The summed E-state index contributed by atoms with van der Waals surface area (Å²) >= 11 is 1.89. The van der Waals surface area contributed by atoms with E-state index in [-0.39, 0.29) is 0 Å². The maximum atomic E-state index is 6.12. The molecule has 1 rings (SSSR count). The molecular formula is C12H27N3S. The number of nitrogens with two attached hydrogens (primary N) is 1. The first-order valence-corrected chi connectivity index (χ1v) is 7.73. The molecule has 0 bridgehead atoms. The van der Waals surface area contributed by atoms with E-state index >= 15 is 0 Å². The molecule has 1 heterocycles. The van der Waals surface area contributed by atoms with Crippen LogP contribution in [-0.4, -0.2) is 66.6 Å². The highest BCUT2D eigenvalue weighted by molar-refractivity contribution is 7.98. The van der Waals surface area contributed by atoms with Gasteiger partial charge >= 0.3 is 0 Å². The third-order valence-corrected chi connectivity index (χ3v) is 3.97. The van der Waals surface area contributed by atoms with E-state index < -0.39 is 0 Å². The van der Waals surface area contributed by atoms with Crippen molar-refractivity contribution in [2.75, 3.05) is 44.7 Å². The van der Waals surface area contributed by atoms with E-state index in [0.717, 1.165) is 13.0 Å². The van der Waals surface area contributed by atoms with Gasteiger partial charge in [0.05, 0.1) is 0 Å². The first-order valence-electron chi connectivity index (χ1n) is 6.34. The zero-order valence-corrected chi connectivity index (χ0v) is 11.8. The van der Waals surface area contributed by atoms with Crippen molar-refractivity contribution in [3.63, 3.8) is 0 Å². The van der Waals surface area contributed by atoms with Gasteiger partial charge in [-0.1, -0.05) is 0 Å². The molecule has 1 fully saturated rings. The van der Waals surface area contributed by atoms with Gasteiger partial charge in [0.2, 0.25) is 0 Å². The lowest BCUT2D eigenvalue weighted by Gasteiger charge is -2.37. The molecule has 1 atom stereocenters. The second-order valence-electron chi connectivity index (χ2n) is 4.97. The van der Waals surface area contributed by atoms with Crippen LogP contribution < -0.4 is 5.73 Å². The van der Waals surface area contributed by atoms with Crippen LogP contribution in [0, 0.1) is 0 Å². The average molecular weight is 245 g/mol. The van der Waals surface area contributed by atoms with Crippen LogP contribution in [0.2, 0.25) is 0 Å². The lowest BCUT2D eigenvalue weighted by Crippen LogP contribution is -2.51. The van der Waals surface area contributed by atoms with Crippen LogP contribution in [0.3, 0.4) is 0 Å². The van der Waals surface area contributed by atoms with Crippen LogP contribution in [-0.2, 0) is 0 Å². The summed E-state index contributed by atoms with van der Waals surface area (Å²) in [6.45, 7) is 10.4. The number of piperazine rings is 1. The van der Waals surface area contributed by atoms with Crippen molar-refractivity contribution < 1.29 is 0 Å². The number of hydrogen-bond donors (Lipinski definition) is 1. The van der Waals surface area contributed by atoms with Gasteiger partial charge in [0, 0.05) is 44.8 Å². The Morgan fingerprint density at radius 2 is 1.81 bits per heavy atom. The smallest absolute Gasteiger partial charge is 0.0175 e. The Balaban J connectivity index is 2.16. The Hall–Kier alpha value is 0.230. The minimum atomic E-state index is 0.359. The molecular weight excluding hydrogens is 218 g/mol. The van der Waals surface area contributed by atoms with E-state index in [0.29, 0.717) is 12.1 Å². The van der Waals surface area contributed by atoms with E-state index in [4.69, 9.17) is 5.73 Å². The number of hydrogen-bond acceptors (Lipinski definition) is 4. The minimum Gasteiger partial charge on any atom is -0.327 e. The predicted octanol–water partition coefficient (Wildman–Crippen LogP) is 1.09. The van der Waals surface area contributed by atoms with Crippen LogP contribution >= 0.6 is 11.8 Å². The largest absolute Gasteiger partial charge is 0.327 e. The van der Waals surface area contributed by atoms with Crippen LogP contribution in [0.5, 0.6) is 0 Å². The fraction of sp³-hybridized carbons (Fsp3) is 1.00. The third-order valence-electron chi connectivity index (χ3n) is 3.32. The quantitative estimate of drug-likeness (QED) is 0.759. The summed E-state index contributed by atoms with van der Waals surface area (Å²) in [6, 6.07) is 1.05. The van der Waals surface area contributed by atoms with Crippen molar-refractivity contribution >= 4 is 11.8 Å². The van der Waals surface area contributed by atoms with Gasteiger partial charge in [0.1, 0.15) is 0 Å². The summed E-state index contributed by atoms with van der Waals surface area (Å²) in [5, 5.41) is 0. The Kier molecular flexibility index (Phi) is 6.73. The molecule has 3 nitrogen and oxygen atoms in total. The summed E-state index contributed by atoms with van der Waals surface area (Å²) in [5.74, 6) is 1.19. The monoisotopic (exact) mass is 245 g/mol. The second-order valence-corrected chi connectivity index (χ2v) is 5.96.